The van der Waals surface area contributed by atoms with Crippen molar-refractivity contribution < 1.29 is 14.3 Å². The van der Waals surface area contributed by atoms with E-state index in [4.69, 9.17) is 27.9 Å². The van der Waals surface area contributed by atoms with E-state index in [0.29, 0.717) is 17.0 Å². The molecule has 1 fully saturated rings. The number of hydrazine groups is 1. The summed E-state index contributed by atoms with van der Waals surface area (Å²) in [5.74, 6) is -0.622. The van der Waals surface area contributed by atoms with E-state index in [0.717, 1.165) is 16.3 Å². The van der Waals surface area contributed by atoms with Gasteiger partial charge in [0, 0.05) is 0 Å². The second kappa shape index (κ2) is 9.21. The van der Waals surface area contributed by atoms with Gasteiger partial charge in [0.25, 0.3) is 11.8 Å². The second-order valence-electron chi connectivity index (χ2n) is 7.72. The molecular weight excluding hydrogens is 471 g/mol. The molecule has 168 valence electrons. The van der Waals surface area contributed by atoms with Crippen molar-refractivity contribution in [2.75, 3.05) is 5.01 Å². The number of anilines is 1. The summed E-state index contributed by atoms with van der Waals surface area (Å²) in [6.07, 6.45) is 1.47. The third-order valence-electron chi connectivity index (χ3n) is 5.49. The fourth-order valence-electron chi connectivity index (χ4n) is 3.85. The van der Waals surface area contributed by atoms with Gasteiger partial charge >= 0.3 is 0 Å². The third kappa shape index (κ3) is 4.23. The third-order valence-corrected chi connectivity index (χ3v) is 6.05. The van der Waals surface area contributed by atoms with Gasteiger partial charge in [0.05, 0.1) is 15.7 Å². The average Bonchev–Trinajstić information content (AvgIpc) is 3.12. The number of carbonyl (C=O) groups is 2. The van der Waals surface area contributed by atoms with Crippen LogP contribution in [0.1, 0.15) is 11.1 Å². The number of ether oxygens (including phenoxy) is 1. The highest BCUT2D eigenvalue weighted by Gasteiger charge is 2.34. The maximum Gasteiger partial charge on any atom is 0.282 e. The topological polar surface area (TPSA) is 58.6 Å². The molecule has 0 aromatic heterocycles. The number of benzene rings is 4. The molecule has 2 amide bonds. The van der Waals surface area contributed by atoms with Crippen molar-refractivity contribution in [3.63, 3.8) is 0 Å². The van der Waals surface area contributed by atoms with E-state index < -0.39 is 11.8 Å². The molecule has 1 saturated heterocycles. The molecule has 4 aromatic carbocycles. The van der Waals surface area contributed by atoms with Crippen LogP contribution >= 0.6 is 23.2 Å². The molecule has 0 saturated carbocycles. The first kappa shape index (κ1) is 22.0. The lowest BCUT2D eigenvalue weighted by Crippen LogP contribution is -2.35. The Hall–Kier alpha value is -3.80. The van der Waals surface area contributed by atoms with Gasteiger partial charge in [-0.15, -0.1) is 0 Å². The zero-order valence-corrected chi connectivity index (χ0v) is 19.3. The Morgan fingerprint density at radius 2 is 1.53 bits per heavy atom. The second-order valence-corrected chi connectivity index (χ2v) is 8.53. The number of amides is 2. The van der Waals surface area contributed by atoms with Gasteiger partial charge in [-0.1, -0.05) is 83.9 Å². The van der Waals surface area contributed by atoms with Gasteiger partial charge in [0.1, 0.15) is 12.2 Å². The minimum atomic E-state index is -0.502. The highest BCUT2D eigenvalue weighted by molar-refractivity contribution is 6.37. The summed E-state index contributed by atoms with van der Waals surface area (Å²) in [7, 11) is 0. The fraction of sp³-hybridized carbons (Fsp3) is 0.0370. The number of carbonyl (C=O) groups excluding carboxylic acids is 2. The number of hydrogen-bond donors (Lipinski definition) is 1. The van der Waals surface area contributed by atoms with Crippen molar-refractivity contribution in [2.24, 2.45) is 0 Å². The van der Waals surface area contributed by atoms with Crippen LogP contribution in [0.3, 0.4) is 0 Å². The number of rotatable bonds is 5. The first-order valence-electron chi connectivity index (χ1n) is 10.5. The summed E-state index contributed by atoms with van der Waals surface area (Å²) in [4.78, 5) is 25.3. The Labute approximate surface area is 206 Å². The maximum absolute atomic E-state index is 12.8. The van der Waals surface area contributed by atoms with Crippen LogP contribution in [-0.2, 0) is 16.2 Å². The lowest BCUT2D eigenvalue weighted by Gasteiger charge is -2.14. The van der Waals surface area contributed by atoms with Crippen LogP contribution in [0.5, 0.6) is 5.75 Å². The summed E-state index contributed by atoms with van der Waals surface area (Å²) in [6.45, 7) is 0.286. The summed E-state index contributed by atoms with van der Waals surface area (Å²) in [6, 6.07) is 26.2. The first-order valence-corrected chi connectivity index (χ1v) is 11.3. The summed E-state index contributed by atoms with van der Waals surface area (Å²) >= 11 is 12.9. The highest BCUT2D eigenvalue weighted by atomic mass is 35.5. The van der Waals surface area contributed by atoms with E-state index >= 15 is 0 Å². The predicted molar refractivity (Wildman–Crippen MR) is 135 cm³/mol. The van der Waals surface area contributed by atoms with E-state index in [9.17, 15) is 9.59 Å². The molecule has 1 aliphatic heterocycles. The van der Waals surface area contributed by atoms with Crippen LogP contribution in [0.4, 0.5) is 5.69 Å². The van der Waals surface area contributed by atoms with Gasteiger partial charge in [-0.2, -0.15) is 0 Å². The van der Waals surface area contributed by atoms with Gasteiger partial charge in [-0.25, -0.2) is 5.01 Å². The van der Waals surface area contributed by atoms with Gasteiger partial charge in [0.15, 0.2) is 5.75 Å². The fourth-order valence-corrected chi connectivity index (χ4v) is 4.46. The molecule has 0 aliphatic carbocycles. The first-order chi connectivity index (χ1) is 16.5. The number of nitrogens with zero attached hydrogens (tertiary/aromatic N) is 1. The Bertz CT molecular complexity index is 1420. The van der Waals surface area contributed by atoms with E-state index in [1.807, 2.05) is 48.5 Å². The minimum absolute atomic E-state index is 0.0135. The van der Waals surface area contributed by atoms with Gasteiger partial charge in [0.2, 0.25) is 0 Å². The molecular formula is C27H18Cl2N2O3. The highest BCUT2D eigenvalue weighted by Crippen LogP contribution is 2.36. The number of fused-ring (bicyclic) bond motifs is 1. The Balaban J connectivity index is 1.38. The van der Waals surface area contributed by atoms with Crippen LogP contribution in [0.15, 0.2) is 90.5 Å². The smallest absolute Gasteiger partial charge is 0.282 e. The van der Waals surface area contributed by atoms with Crippen LogP contribution in [0, 0.1) is 0 Å². The van der Waals surface area contributed by atoms with Crippen molar-refractivity contribution in [2.45, 2.75) is 6.61 Å². The molecule has 5 nitrogen and oxygen atoms in total. The van der Waals surface area contributed by atoms with Crippen LogP contribution < -0.4 is 15.2 Å². The Kier molecular flexibility index (Phi) is 5.97. The molecule has 0 radical (unpaired) electrons. The summed E-state index contributed by atoms with van der Waals surface area (Å²) < 4.78 is 5.96. The van der Waals surface area contributed by atoms with Crippen molar-refractivity contribution in [3.05, 3.63) is 112 Å². The molecule has 0 spiro atoms. The monoisotopic (exact) mass is 488 g/mol. The largest absolute Gasteiger partial charge is 0.486 e. The predicted octanol–water partition coefficient (Wildman–Crippen LogP) is 6.19. The zero-order chi connectivity index (χ0) is 23.7. The van der Waals surface area contributed by atoms with Gasteiger partial charge in [-0.05, 0) is 52.2 Å². The molecule has 34 heavy (non-hydrogen) atoms. The standard InChI is InChI=1S/C27H18Cl2N2O3/c28-23-14-17(13-22-26(32)30-31(27(22)33)20-10-2-1-3-11-20)15-24(29)25(23)34-16-19-9-6-8-18-7-4-5-12-21(18)19/h1-15H,16H2,(H,30,32). The molecule has 4 aromatic rings. The van der Waals surface area contributed by atoms with Crippen molar-refractivity contribution in [3.8, 4) is 5.75 Å². The van der Waals surface area contributed by atoms with Crippen molar-refractivity contribution >= 4 is 57.6 Å². The lowest BCUT2D eigenvalue weighted by atomic mass is 10.1. The molecule has 0 bridgehead atoms. The summed E-state index contributed by atoms with van der Waals surface area (Å²) in [5.41, 5.74) is 4.64. The summed E-state index contributed by atoms with van der Waals surface area (Å²) in [5, 5.41) is 3.98. The van der Waals surface area contributed by atoms with Crippen LogP contribution in [-0.4, -0.2) is 11.8 Å². The molecule has 1 N–H and O–H groups in total. The lowest BCUT2D eigenvalue weighted by molar-refractivity contribution is -0.117. The molecule has 1 aliphatic rings. The van der Waals surface area contributed by atoms with Crippen LogP contribution in [0.2, 0.25) is 10.0 Å². The van der Waals surface area contributed by atoms with Crippen LogP contribution in [0.25, 0.3) is 16.8 Å². The number of nitrogens with one attached hydrogen (secondary N) is 1. The molecule has 1 heterocycles. The van der Waals surface area contributed by atoms with E-state index in [-0.39, 0.29) is 22.2 Å². The van der Waals surface area contributed by atoms with E-state index in [1.54, 1.807) is 36.4 Å². The Morgan fingerprint density at radius 3 is 2.29 bits per heavy atom. The molecule has 0 unspecified atom stereocenters. The zero-order valence-electron chi connectivity index (χ0n) is 17.8. The van der Waals surface area contributed by atoms with Crippen molar-refractivity contribution in [1.82, 2.24) is 5.43 Å². The quantitative estimate of drug-likeness (QED) is 0.269. The van der Waals surface area contributed by atoms with Gasteiger partial charge < -0.3 is 4.74 Å². The number of halogens is 2. The molecule has 5 rings (SSSR count). The molecule has 7 heteroatoms. The SMILES string of the molecule is O=C1NN(c2ccccc2)C(=O)C1=Cc1cc(Cl)c(OCc2cccc3ccccc23)c(Cl)c1. The number of hydrogen-bond acceptors (Lipinski definition) is 3. The molecule has 0 atom stereocenters. The normalized spacial score (nSPS) is 14.6. The van der Waals surface area contributed by atoms with Crippen molar-refractivity contribution in [1.29, 1.82) is 0 Å². The average molecular weight is 489 g/mol. The maximum atomic E-state index is 12.8. The number of para-hydroxylation sites is 1. The minimum Gasteiger partial charge on any atom is -0.486 e. The van der Waals surface area contributed by atoms with E-state index in [1.165, 1.54) is 11.1 Å². The van der Waals surface area contributed by atoms with E-state index in [2.05, 4.69) is 5.43 Å². The Morgan fingerprint density at radius 1 is 0.853 bits per heavy atom. The van der Waals surface area contributed by atoms with Gasteiger partial charge in [-0.3, -0.25) is 15.0 Å².